The van der Waals surface area contributed by atoms with E-state index in [0.29, 0.717) is 6.04 Å². The normalized spacial score (nSPS) is 18.1. The molecule has 0 N–H and O–H groups in total. The second-order valence-corrected chi connectivity index (χ2v) is 6.99. The molecule has 24 heavy (non-hydrogen) atoms. The summed E-state index contributed by atoms with van der Waals surface area (Å²) in [6.07, 6.45) is 5.61. The van der Waals surface area contributed by atoms with Gasteiger partial charge in [0, 0.05) is 49.7 Å². The predicted molar refractivity (Wildman–Crippen MR) is 95.9 cm³/mol. The predicted octanol–water partition coefficient (Wildman–Crippen LogP) is 2.92. The molecule has 1 aromatic carbocycles. The first-order valence-corrected chi connectivity index (χ1v) is 8.75. The average Bonchev–Trinajstić information content (AvgIpc) is 3.00. The molecule has 0 radical (unpaired) electrons. The summed E-state index contributed by atoms with van der Waals surface area (Å²) in [5, 5.41) is 9.91. The first-order valence-electron chi connectivity index (χ1n) is 8.75. The van der Waals surface area contributed by atoms with Crippen molar-refractivity contribution in [1.82, 2.24) is 24.2 Å². The van der Waals surface area contributed by atoms with Crippen molar-refractivity contribution in [3.8, 4) is 0 Å². The fourth-order valence-electron chi connectivity index (χ4n) is 4.01. The lowest BCUT2D eigenvalue weighted by atomic mass is 10.1. The number of para-hydroxylation sites is 1. The first kappa shape index (κ1) is 15.4. The van der Waals surface area contributed by atoms with E-state index in [2.05, 4.69) is 75.7 Å². The van der Waals surface area contributed by atoms with Gasteiger partial charge in [-0.2, -0.15) is 0 Å². The molecule has 0 aliphatic carbocycles. The van der Waals surface area contributed by atoms with Crippen LogP contribution in [0.25, 0.3) is 10.9 Å². The van der Waals surface area contributed by atoms with Crippen molar-refractivity contribution >= 4 is 10.9 Å². The Hall–Kier alpha value is -2.14. The molecule has 3 aromatic rings. The molecular weight excluding hydrogens is 298 g/mol. The van der Waals surface area contributed by atoms with E-state index in [4.69, 9.17) is 0 Å². The number of rotatable bonds is 3. The minimum absolute atomic E-state index is 0.588. The van der Waals surface area contributed by atoms with Gasteiger partial charge < -0.3 is 9.13 Å². The van der Waals surface area contributed by atoms with Gasteiger partial charge in [-0.25, -0.2) is 0 Å². The van der Waals surface area contributed by atoms with Crippen molar-refractivity contribution in [1.29, 1.82) is 0 Å². The van der Waals surface area contributed by atoms with E-state index in [0.717, 1.165) is 44.0 Å². The summed E-state index contributed by atoms with van der Waals surface area (Å²) in [6, 6.07) is 9.26. The number of fused-ring (bicyclic) bond motifs is 2. The quantitative estimate of drug-likeness (QED) is 0.744. The Morgan fingerprint density at radius 1 is 1.21 bits per heavy atom. The standard InChI is InChI=1S/C19H25N5/c1-14-20-21-19-9-8-16(10-11-24(14)19)22(2)12-15-13-23(3)18-7-5-4-6-17(15)18/h4-7,13,16H,8-12H2,1-3H3. The number of hydrogen-bond acceptors (Lipinski definition) is 3. The highest BCUT2D eigenvalue weighted by atomic mass is 15.3. The van der Waals surface area contributed by atoms with Crippen molar-refractivity contribution in [2.24, 2.45) is 7.05 Å². The van der Waals surface area contributed by atoms with Crippen molar-refractivity contribution in [3.05, 3.63) is 47.7 Å². The van der Waals surface area contributed by atoms with Gasteiger partial charge in [0.05, 0.1) is 0 Å². The van der Waals surface area contributed by atoms with E-state index in [-0.39, 0.29) is 0 Å². The molecule has 0 bridgehead atoms. The van der Waals surface area contributed by atoms with Crippen LogP contribution < -0.4 is 0 Å². The SMILES string of the molecule is Cc1nnc2n1CCC(N(C)Cc1cn(C)c3ccccc13)CC2. The van der Waals surface area contributed by atoms with Crippen molar-refractivity contribution < 1.29 is 0 Å². The van der Waals surface area contributed by atoms with Crippen LogP contribution in [-0.4, -0.2) is 37.3 Å². The molecule has 0 spiro atoms. The van der Waals surface area contributed by atoms with Crippen molar-refractivity contribution in [2.45, 2.75) is 45.3 Å². The molecule has 5 nitrogen and oxygen atoms in total. The number of benzene rings is 1. The van der Waals surface area contributed by atoms with Gasteiger partial charge in [0.1, 0.15) is 11.6 Å². The summed E-state index contributed by atoms with van der Waals surface area (Å²) in [7, 11) is 4.39. The Labute approximate surface area is 142 Å². The highest BCUT2D eigenvalue weighted by Gasteiger charge is 2.22. The molecule has 0 amide bonds. The minimum Gasteiger partial charge on any atom is -0.350 e. The fraction of sp³-hybridized carbons (Fsp3) is 0.474. The summed E-state index contributed by atoms with van der Waals surface area (Å²) < 4.78 is 4.52. The highest BCUT2D eigenvalue weighted by Crippen LogP contribution is 2.24. The molecular formula is C19H25N5. The third-order valence-electron chi connectivity index (χ3n) is 5.42. The molecule has 1 aliphatic rings. The lowest BCUT2D eigenvalue weighted by molar-refractivity contribution is 0.211. The maximum atomic E-state index is 4.33. The van der Waals surface area contributed by atoms with Crippen molar-refractivity contribution in [3.63, 3.8) is 0 Å². The van der Waals surface area contributed by atoms with Crippen LogP contribution in [0.5, 0.6) is 0 Å². The lowest BCUT2D eigenvalue weighted by Gasteiger charge is -2.26. The largest absolute Gasteiger partial charge is 0.350 e. The number of aromatic nitrogens is 4. The molecule has 0 fully saturated rings. The Kier molecular flexibility index (Phi) is 3.88. The van der Waals surface area contributed by atoms with E-state index in [1.807, 2.05) is 0 Å². The maximum absolute atomic E-state index is 4.33. The van der Waals surface area contributed by atoms with E-state index in [1.165, 1.54) is 16.5 Å². The van der Waals surface area contributed by atoms with E-state index >= 15 is 0 Å². The van der Waals surface area contributed by atoms with Crippen LogP contribution in [0.15, 0.2) is 30.5 Å². The summed E-state index contributed by atoms with van der Waals surface area (Å²) in [5.41, 5.74) is 2.72. The number of nitrogens with zero attached hydrogens (tertiary/aromatic N) is 5. The van der Waals surface area contributed by atoms with Crippen LogP contribution in [0.1, 0.15) is 30.1 Å². The highest BCUT2D eigenvalue weighted by molar-refractivity contribution is 5.83. The summed E-state index contributed by atoms with van der Waals surface area (Å²) in [5.74, 6) is 2.19. The van der Waals surface area contributed by atoms with Gasteiger partial charge in [-0.15, -0.1) is 10.2 Å². The molecule has 1 atom stereocenters. The first-order chi connectivity index (χ1) is 11.6. The Balaban J connectivity index is 1.51. The molecule has 2 aromatic heterocycles. The summed E-state index contributed by atoms with van der Waals surface area (Å²) in [4.78, 5) is 2.51. The van der Waals surface area contributed by atoms with Crippen LogP contribution in [0, 0.1) is 6.92 Å². The zero-order valence-corrected chi connectivity index (χ0v) is 14.7. The van der Waals surface area contributed by atoms with E-state index in [1.54, 1.807) is 0 Å². The van der Waals surface area contributed by atoms with Gasteiger partial charge in [-0.1, -0.05) is 18.2 Å². The second-order valence-electron chi connectivity index (χ2n) is 6.99. The summed E-state index contributed by atoms with van der Waals surface area (Å²) in [6.45, 7) is 4.07. The van der Waals surface area contributed by atoms with Gasteiger partial charge in [-0.3, -0.25) is 4.90 Å². The number of aryl methyl sites for hydroxylation is 3. The van der Waals surface area contributed by atoms with Gasteiger partial charge in [0.2, 0.25) is 0 Å². The topological polar surface area (TPSA) is 38.9 Å². The van der Waals surface area contributed by atoms with Crippen LogP contribution in [0.2, 0.25) is 0 Å². The van der Waals surface area contributed by atoms with Gasteiger partial charge in [-0.05, 0) is 38.4 Å². The Morgan fingerprint density at radius 2 is 2.04 bits per heavy atom. The minimum atomic E-state index is 0.588. The van der Waals surface area contributed by atoms with E-state index in [9.17, 15) is 0 Å². The molecule has 1 unspecified atom stereocenters. The van der Waals surface area contributed by atoms with E-state index < -0.39 is 0 Å². The molecule has 1 aliphatic heterocycles. The molecule has 5 heteroatoms. The molecule has 0 saturated carbocycles. The summed E-state index contributed by atoms with van der Waals surface area (Å²) >= 11 is 0. The second kappa shape index (κ2) is 6.06. The van der Waals surface area contributed by atoms with Crippen molar-refractivity contribution in [2.75, 3.05) is 7.05 Å². The third-order valence-corrected chi connectivity index (χ3v) is 5.42. The fourth-order valence-corrected chi connectivity index (χ4v) is 4.01. The maximum Gasteiger partial charge on any atom is 0.133 e. The van der Waals surface area contributed by atoms with Gasteiger partial charge in [0.25, 0.3) is 0 Å². The average molecular weight is 323 g/mol. The van der Waals surface area contributed by atoms with Crippen LogP contribution in [0.4, 0.5) is 0 Å². The van der Waals surface area contributed by atoms with Crippen LogP contribution in [0.3, 0.4) is 0 Å². The van der Waals surface area contributed by atoms with Gasteiger partial charge >= 0.3 is 0 Å². The zero-order chi connectivity index (χ0) is 16.7. The molecule has 0 saturated heterocycles. The number of hydrogen-bond donors (Lipinski definition) is 0. The van der Waals surface area contributed by atoms with Gasteiger partial charge in [0.15, 0.2) is 0 Å². The zero-order valence-electron chi connectivity index (χ0n) is 14.7. The monoisotopic (exact) mass is 323 g/mol. The molecule has 3 heterocycles. The Bertz CT molecular complexity index is 860. The van der Waals surface area contributed by atoms with Crippen LogP contribution in [-0.2, 0) is 26.6 Å². The molecule has 126 valence electrons. The molecule has 4 rings (SSSR count). The lowest BCUT2D eigenvalue weighted by Crippen LogP contribution is -2.31. The third kappa shape index (κ3) is 2.63. The smallest absolute Gasteiger partial charge is 0.133 e. The van der Waals surface area contributed by atoms with Crippen LogP contribution >= 0.6 is 0 Å². The Morgan fingerprint density at radius 3 is 2.92 bits per heavy atom.